The van der Waals surface area contributed by atoms with Crippen LogP contribution in [0.25, 0.3) is 10.2 Å². The molecule has 21 heavy (non-hydrogen) atoms. The molecule has 108 valence electrons. The van der Waals surface area contributed by atoms with Crippen molar-refractivity contribution < 1.29 is 8.78 Å². The first-order chi connectivity index (χ1) is 10.1. The Hall–Kier alpha value is -2.08. The second-order valence-corrected chi connectivity index (χ2v) is 5.73. The van der Waals surface area contributed by atoms with Crippen molar-refractivity contribution in [3.8, 4) is 0 Å². The minimum absolute atomic E-state index is 0.223. The van der Waals surface area contributed by atoms with Gasteiger partial charge in [0.1, 0.15) is 11.3 Å². The van der Waals surface area contributed by atoms with Crippen LogP contribution in [0, 0.1) is 11.6 Å². The van der Waals surface area contributed by atoms with Crippen LogP contribution in [0.3, 0.4) is 0 Å². The van der Waals surface area contributed by atoms with E-state index in [0.717, 1.165) is 18.2 Å². The van der Waals surface area contributed by atoms with E-state index < -0.39 is 11.6 Å². The van der Waals surface area contributed by atoms with Crippen LogP contribution < -0.4 is 4.90 Å². The molecule has 1 aromatic carbocycles. The fraction of sp³-hybridized carbons (Fsp3) is 0.200. The van der Waals surface area contributed by atoms with Crippen LogP contribution in [0.2, 0.25) is 0 Å². The molecule has 2 heterocycles. The highest BCUT2D eigenvalue weighted by Gasteiger charge is 2.13. The molecule has 0 aliphatic carbocycles. The molecule has 3 aromatic rings. The van der Waals surface area contributed by atoms with E-state index in [1.807, 2.05) is 30.1 Å². The third-order valence-corrected chi connectivity index (χ3v) is 4.27. The fourth-order valence-corrected chi connectivity index (χ4v) is 3.02. The molecule has 0 saturated carbocycles. The van der Waals surface area contributed by atoms with Gasteiger partial charge in [0, 0.05) is 38.0 Å². The average Bonchev–Trinajstić information content (AvgIpc) is 2.90. The number of hydrogen-bond acceptors (Lipinski definition) is 4. The molecule has 0 radical (unpaired) electrons. The van der Waals surface area contributed by atoms with Gasteiger partial charge in [0.2, 0.25) is 0 Å². The first kappa shape index (κ1) is 13.9. The van der Waals surface area contributed by atoms with E-state index in [-0.39, 0.29) is 5.52 Å². The summed E-state index contributed by atoms with van der Waals surface area (Å²) in [6.07, 6.45) is 2.52. The molecule has 0 bridgehead atoms. The highest BCUT2D eigenvalue weighted by atomic mass is 32.1. The van der Waals surface area contributed by atoms with Crippen molar-refractivity contribution in [1.82, 2.24) is 9.97 Å². The molecule has 0 fully saturated rings. The maximum atomic E-state index is 13.7. The van der Waals surface area contributed by atoms with Gasteiger partial charge >= 0.3 is 0 Å². The largest absolute Gasteiger partial charge is 0.351 e. The van der Waals surface area contributed by atoms with Gasteiger partial charge in [-0.1, -0.05) is 17.4 Å². The molecule has 3 nitrogen and oxygen atoms in total. The van der Waals surface area contributed by atoms with E-state index in [2.05, 4.69) is 9.97 Å². The second kappa shape index (κ2) is 5.73. The summed E-state index contributed by atoms with van der Waals surface area (Å²) in [5.41, 5.74) is 1.21. The van der Waals surface area contributed by atoms with Gasteiger partial charge < -0.3 is 4.90 Å². The number of fused-ring (bicyclic) bond motifs is 1. The number of anilines is 1. The third kappa shape index (κ3) is 3.00. The summed E-state index contributed by atoms with van der Waals surface area (Å²) in [7, 11) is 1.88. The Labute approximate surface area is 124 Å². The summed E-state index contributed by atoms with van der Waals surface area (Å²) in [4.78, 5) is 10.4. The Morgan fingerprint density at radius 3 is 2.86 bits per heavy atom. The van der Waals surface area contributed by atoms with Crippen LogP contribution in [0.15, 0.2) is 36.5 Å². The number of nitrogens with zero attached hydrogens (tertiary/aromatic N) is 3. The smallest absolute Gasteiger partial charge is 0.186 e. The van der Waals surface area contributed by atoms with E-state index >= 15 is 0 Å². The van der Waals surface area contributed by atoms with Crippen LogP contribution in [0.1, 0.15) is 5.69 Å². The quantitative estimate of drug-likeness (QED) is 0.737. The lowest BCUT2D eigenvalue weighted by molar-refractivity contribution is 0.591. The Morgan fingerprint density at radius 2 is 2.10 bits per heavy atom. The zero-order valence-corrected chi connectivity index (χ0v) is 12.2. The van der Waals surface area contributed by atoms with Gasteiger partial charge in [-0.2, -0.15) is 0 Å². The number of thiazole rings is 1. The normalized spacial score (nSPS) is 11.0. The third-order valence-electron chi connectivity index (χ3n) is 3.16. The summed E-state index contributed by atoms with van der Waals surface area (Å²) >= 11 is 1.28. The molecule has 0 N–H and O–H groups in total. The first-order valence-electron chi connectivity index (χ1n) is 6.50. The Kier molecular flexibility index (Phi) is 3.79. The molecular weight excluding hydrogens is 292 g/mol. The number of aromatic nitrogens is 2. The number of likely N-dealkylation sites (N-methyl/N-ethyl adjacent to an activating group) is 1. The van der Waals surface area contributed by atoms with E-state index in [1.54, 1.807) is 6.20 Å². The summed E-state index contributed by atoms with van der Waals surface area (Å²) in [6.45, 7) is 0.709. The zero-order chi connectivity index (χ0) is 14.8. The molecule has 3 rings (SSSR count). The predicted octanol–water partition coefficient (Wildman–Crippen LogP) is 3.65. The van der Waals surface area contributed by atoms with E-state index in [9.17, 15) is 8.78 Å². The van der Waals surface area contributed by atoms with Crippen LogP contribution in [-0.4, -0.2) is 23.6 Å². The molecule has 6 heteroatoms. The maximum Gasteiger partial charge on any atom is 0.186 e. The van der Waals surface area contributed by atoms with Gasteiger partial charge in [0.15, 0.2) is 10.9 Å². The van der Waals surface area contributed by atoms with E-state index in [4.69, 9.17) is 0 Å². The fourth-order valence-electron chi connectivity index (χ4n) is 2.03. The summed E-state index contributed by atoms with van der Waals surface area (Å²) in [6, 6.07) is 7.95. The number of rotatable bonds is 4. The molecule has 0 unspecified atom stereocenters. The van der Waals surface area contributed by atoms with Gasteiger partial charge in [0.25, 0.3) is 0 Å². The van der Waals surface area contributed by atoms with Crippen LogP contribution in [0.5, 0.6) is 0 Å². The van der Waals surface area contributed by atoms with Crippen molar-refractivity contribution in [2.24, 2.45) is 0 Å². The first-order valence-corrected chi connectivity index (χ1v) is 7.32. The topological polar surface area (TPSA) is 29.0 Å². The Bertz CT molecular complexity index is 758. The van der Waals surface area contributed by atoms with Crippen LogP contribution in [0.4, 0.5) is 13.9 Å². The minimum Gasteiger partial charge on any atom is -0.351 e. The molecule has 0 saturated heterocycles. The van der Waals surface area contributed by atoms with Crippen LogP contribution in [-0.2, 0) is 6.42 Å². The lowest BCUT2D eigenvalue weighted by Crippen LogP contribution is -2.20. The van der Waals surface area contributed by atoms with Crippen molar-refractivity contribution in [1.29, 1.82) is 0 Å². The minimum atomic E-state index is -0.620. The standard InChI is InChI=1S/C15H13F2N3S/c1-20(7-5-11-4-2-3-6-18-11)15-19-14-12(17)8-10(16)9-13(14)21-15/h2-4,6,8-9H,5,7H2,1H3. The van der Waals surface area contributed by atoms with E-state index in [0.29, 0.717) is 16.4 Å². The number of pyridine rings is 1. The molecule has 0 spiro atoms. The van der Waals surface area contributed by atoms with Crippen molar-refractivity contribution in [3.63, 3.8) is 0 Å². The van der Waals surface area contributed by atoms with E-state index in [1.165, 1.54) is 17.4 Å². The number of halogens is 2. The highest BCUT2D eigenvalue weighted by molar-refractivity contribution is 7.22. The molecule has 0 atom stereocenters. The zero-order valence-electron chi connectivity index (χ0n) is 11.4. The van der Waals surface area contributed by atoms with Crippen molar-refractivity contribution in [2.45, 2.75) is 6.42 Å². The lowest BCUT2D eigenvalue weighted by atomic mass is 10.2. The Balaban J connectivity index is 1.78. The van der Waals surface area contributed by atoms with Crippen molar-refractivity contribution in [3.05, 3.63) is 53.9 Å². The monoisotopic (exact) mass is 305 g/mol. The summed E-state index contributed by atoms with van der Waals surface area (Å²) in [5.74, 6) is -1.20. The van der Waals surface area contributed by atoms with Gasteiger partial charge in [0.05, 0.1) is 4.70 Å². The predicted molar refractivity (Wildman–Crippen MR) is 80.7 cm³/mol. The SMILES string of the molecule is CN(CCc1ccccn1)c1nc2c(F)cc(F)cc2s1. The highest BCUT2D eigenvalue weighted by Crippen LogP contribution is 2.30. The van der Waals surface area contributed by atoms with Crippen molar-refractivity contribution >= 4 is 26.7 Å². The number of hydrogen-bond donors (Lipinski definition) is 0. The molecule has 0 aliphatic heterocycles. The lowest BCUT2D eigenvalue weighted by Gasteiger charge is -2.14. The molecule has 2 aromatic heterocycles. The Morgan fingerprint density at radius 1 is 1.24 bits per heavy atom. The maximum absolute atomic E-state index is 13.7. The molecular formula is C15H13F2N3S. The van der Waals surface area contributed by atoms with Gasteiger partial charge in [-0.05, 0) is 18.2 Å². The van der Waals surface area contributed by atoms with Gasteiger partial charge in [-0.15, -0.1) is 0 Å². The molecule has 0 aliphatic rings. The number of benzene rings is 1. The van der Waals surface area contributed by atoms with Crippen LogP contribution >= 0.6 is 11.3 Å². The van der Waals surface area contributed by atoms with Gasteiger partial charge in [-0.25, -0.2) is 13.8 Å². The summed E-state index contributed by atoms with van der Waals surface area (Å²) in [5, 5.41) is 0.672. The average molecular weight is 305 g/mol. The second-order valence-electron chi connectivity index (χ2n) is 4.72. The van der Waals surface area contributed by atoms with Gasteiger partial charge in [-0.3, -0.25) is 4.98 Å². The van der Waals surface area contributed by atoms with Crippen molar-refractivity contribution in [2.75, 3.05) is 18.5 Å². The summed E-state index contributed by atoms with van der Waals surface area (Å²) < 4.78 is 27.4. The molecule has 0 amide bonds.